The molecule has 0 aliphatic carbocycles. The van der Waals surface area contributed by atoms with Gasteiger partial charge in [0.15, 0.2) is 5.78 Å². The van der Waals surface area contributed by atoms with Crippen molar-refractivity contribution in [2.75, 3.05) is 54.2 Å². The first-order valence-corrected chi connectivity index (χ1v) is 13.1. The summed E-state index contributed by atoms with van der Waals surface area (Å²) in [6.07, 6.45) is 0.693. The van der Waals surface area contributed by atoms with E-state index < -0.39 is 14.3 Å². The Hall–Kier alpha value is -1.27. The minimum absolute atomic E-state index is 0.0671. The third kappa shape index (κ3) is 7.11. The molecule has 1 N–H and O–H groups in total. The maximum atomic E-state index is 13.0. The van der Waals surface area contributed by atoms with Crippen LogP contribution >= 0.6 is 11.8 Å². The zero-order valence-electron chi connectivity index (χ0n) is 19.1. The standard InChI is InChI=1S/C21H34N2O6SSi/c1-21(2,23-12-14-29-15-13-23)19(24)17-7-9-18(10-8-17)30-20(25)22-11-6-16-31(26-3,27-4)28-5/h7-10H,6,11-16H2,1-5H3,(H,22,25). The Bertz CT molecular complexity index is 713. The van der Waals surface area contributed by atoms with Crippen molar-refractivity contribution in [2.24, 2.45) is 0 Å². The molecule has 1 amide bonds. The van der Waals surface area contributed by atoms with Gasteiger partial charge >= 0.3 is 8.80 Å². The van der Waals surface area contributed by atoms with E-state index in [4.69, 9.17) is 18.0 Å². The second kappa shape index (κ2) is 12.1. The first-order chi connectivity index (χ1) is 14.8. The quantitative estimate of drug-likeness (QED) is 0.229. The van der Waals surface area contributed by atoms with Gasteiger partial charge < -0.3 is 23.3 Å². The molecule has 1 saturated heterocycles. The largest absolute Gasteiger partial charge is 0.500 e. The highest BCUT2D eigenvalue weighted by Crippen LogP contribution is 2.25. The number of Topliss-reactive ketones (excluding diaryl/α,β-unsaturated/α-hetero) is 1. The average molecular weight is 471 g/mol. The molecule has 1 aromatic rings. The summed E-state index contributed by atoms with van der Waals surface area (Å²) in [6, 6.07) is 7.82. The molecular formula is C21H34N2O6SSi. The molecule has 0 saturated carbocycles. The fourth-order valence-corrected chi connectivity index (χ4v) is 5.87. The van der Waals surface area contributed by atoms with Crippen LogP contribution in [-0.4, -0.2) is 84.4 Å². The summed E-state index contributed by atoms with van der Waals surface area (Å²) in [4.78, 5) is 28.2. The minimum atomic E-state index is -2.61. The molecule has 8 nitrogen and oxygen atoms in total. The molecule has 1 heterocycles. The molecule has 0 bridgehead atoms. The van der Waals surface area contributed by atoms with Crippen molar-refractivity contribution in [1.82, 2.24) is 10.2 Å². The van der Waals surface area contributed by atoms with Crippen LogP contribution < -0.4 is 5.32 Å². The van der Waals surface area contributed by atoms with E-state index in [0.717, 1.165) is 29.7 Å². The second-order valence-electron chi connectivity index (χ2n) is 7.73. The van der Waals surface area contributed by atoms with Crippen LogP contribution in [0.2, 0.25) is 6.04 Å². The van der Waals surface area contributed by atoms with E-state index >= 15 is 0 Å². The summed E-state index contributed by atoms with van der Waals surface area (Å²) < 4.78 is 21.5. The Morgan fingerprint density at radius 3 is 2.23 bits per heavy atom. The monoisotopic (exact) mass is 470 g/mol. The lowest BCUT2D eigenvalue weighted by molar-refractivity contribution is -0.00430. The number of thioether (sulfide) groups is 1. The third-order valence-corrected chi connectivity index (χ3v) is 9.22. The number of amides is 1. The van der Waals surface area contributed by atoms with Crippen LogP contribution in [0, 0.1) is 0 Å². The van der Waals surface area contributed by atoms with Crippen molar-refractivity contribution < 1.29 is 27.6 Å². The molecule has 1 fully saturated rings. The number of benzene rings is 1. The molecule has 174 valence electrons. The Kier molecular flexibility index (Phi) is 10.1. The van der Waals surface area contributed by atoms with Gasteiger partial charge in [0.25, 0.3) is 5.24 Å². The Morgan fingerprint density at radius 1 is 1.10 bits per heavy atom. The number of carbonyl (C=O) groups excluding carboxylic acids is 2. The molecule has 1 aliphatic heterocycles. The van der Waals surface area contributed by atoms with Crippen LogP contribution in [0.25, 0.3) is 0 Å². The highest BCUT2D eigenvalue weighted by atomic mass is 32.2. The molecule has 31 heavy (non-hydrogen) atoms. The number of nitrogens with zero attached hydrogens (tertiary/aromatic N) is 1. The van der Waals surface area contributed by atoms with Crippen LogP contribution in [0.4, 0.5) is 4.79 Å². The summed E-state index contributed by atoms with van der Waals surface area (Å²) in [5.41, 5.74) is 0.0438. The van der Waals surface area contributed by atoms with Gasteiger partial charge in [-0.1, -0.05) is 12.1 Å². The van der Waals surface area contributed by atoms with Crippen molar-refractivity contribution in [1.29, 1.82) is 0 Å². The first-order valence-electron chi connectivity index (χ1n) is 10.4. The molecule has 0 atom stereocenters. The summed E-state index contributed by atoms with van der Waals surface area (Å²) in [7, 11) is 2.11. The van der Waals surface area contributed by atoms with E-state index in [9.17, 15) is 9.59 Å². The van der Waals surface area contributed by atoms with Gasteiger partial charge in [-0.3, -0.25) is 14.5 Å². The third-order valence-electron chi connectivity index (χ3n) is 5.55. The van der Waals surface area contributed by atoms with E-state index in [1.807, 2.05) is 26.0 Å². The average Bonchev–Trinajstić information content (AvgIpc) is 2.80. The maximum Gasteiger partial charge on any atom is 0.500 e. The Balaban J connectivity index is 1.83. The van der Waals surface area contributed by atoms with Gasteiger partial charge in [-0.25, -0.2) is 0 Å². The zero-order valence-corrected chi connectivity index (χ0v) is 20.9. The van der Waals surface area contributed by atoms with Crippen molar-refractivity contribution in [3.8, 4) is 0 Å². The highest BCUT2D eigenvalue weighted by Gasteiger charge is 2.37. The van der Waals surface area contributed by atoms with Crippen molar-refractivity contribution >= 4 is 31.6 Å². The summed E-state index contributed by atoms with van der Waals surface area (Å²) in [5, 5.41) is 2.73. The molecule has 0 spiro atoms. The second-order valence-corrected chi connectivity index (χ2v) is 11.9. The summed E-state index contributed by atoms with van der Waals surface area (Å²) in [5.74, 6) is 0.0671. The number of morpholine rings is 1. The normalized spacial score (nSPS) is 15.6. The lowest BCUT2D eigenvalue weighted by Crippen LogP contribution is -2.54. The van der Waals surface area contributed by atoms with Crippen molar-refractivity contribution in [3.05, 3.63) is 29.8 Å². The lowest BCUT2D eigenvalue weighted by atomic mass is 9.91. The van der Waals surface area contributed by atoms with Gasteiger partial charge in [0.05, 0.1) is 18.8 Å². The minimum Gasteiger partial charge on any atom is -0.379 e. The van der Waals surface area contributed by atoms with Gasteiger partial charge in [-0.2, -0.15) is 0 Å². The molecule has 1 aromatic carbocycles. The van der Waals surface area contributed by atoms with E-state index in [1.165, 1.54) is 0 Å². The smallest absolute Gasteiger partial charge is 0.379 e. The number of ketones is 1. The number of hydrogen-bond donors (Lipinski definition) is 1. The molecule has 1 aliphatic rings. The molecule has 2 rings (SSSR count). The van der Waals surface area contributed by atoms with E-state index in [2.05, 4.69) is 10.2 Å². The fourth-order valence-electron chi connectivity index (χ4n) is 3.49. The summed E-state index contributed by atoms with van der Waals surface area (Å²) in [6.45, 7) is 7.18. The van der Waals surface area contributed by atoms with E-state index in [1.54, 1.807) is 33.5 Å². The fraction of sp³-hybridized carbons (Fsp3) is 0.619. The number of ether oxygens (including phenoxy) is 1. The number of carbonyl (C=O) groups is 2. The SMILES string of the molecule is CO[Si](CCCNC(=O)Sc1ccc(C(=O)C(C)(C)N2CCOCC2)cc1)(OC)OC. The molecule has 0 aromatic heterocycles. The van der Waals surface area contributed by atoms with E-state index in [-0.39, 0.29) is 11.0 Å². The lowest BCUT2D eigenvalue weighted by Gasteiger charge is -2.39. The molecule has 0 unspecified atom stereocenters. The van der Waals surface area contributed by atoms with Gasteiger partial charge in [0.2, 0.25) is 0 Å². The number of rotatable bonds is 11. The van der Waals surface area contributed by atoms with Crippen LogP contribution in [0.3, 0.4) is 0 Å². The highest BCUT2D eigenvalue weighted by molar-refractivity contribution is 8.13. The summed E-state index contributed by atoms with van der Waals surface area (Å²) >= 11 is 1.10. The first kappa shape index (κ1) is 26.0. The molecule has 10 heteroatoms. The number of nitrogens with one attached hydrogen (secondary N) is 1. The van der Waals surface area contributed by atoms with Gasteiger partial charge in [-0.05, 0) is 44.2 Å². The van der Waals surface area contributed by atoms with Crippen LogP contribution in [0.1, 0.15) is 30.6 Å². The Morgan fingerprint density at radius 2 is 1.68 bits per heavy atom. The predicted molar refractivity (Wildman–Crippen MR) is 123 cm³/mol. The maximum absolute atomic E-state index is 13.0. The van der Waals surface area contributed by atoms with Crippen molar-refractivity contribution in [3.63, 3.8) is 0 Å². The van der Waals surface area contributed by atoms with Gasteiger partial charge in [0, 0.05) is 57.5 Å². The van der Waals surface area contributed by atoms with Crippen LogP contribution in [0.15, 0.2) is 29.2 Å². The predicted octanol–water partition coefficient (Wildman–Crippen LogP) is 3.05. The molecule has 0 radical (unpaired) electrons. The topological polar surface area (TPSA) is 86.3 Å². The molecular weight excluding hydrogens is 436 g/mol. The van der Waals surface area contributed by atoms with Crippen LogP contribution in [0.5, 0.6) is 0 Å². The van der Waals surface area contributed by atoms with Crippen LogP contribution in [-0.2, 0) is 18.0 Å². The van der Waals surface area contributed by atoms with Crippen molar-refractivity contribution in [2.45, 2.75) is 36.7 Å². The van der Waals surface area contributed by atoms with Gasteiger partial charge in [0.1, 0.15) is 0 Å². The number of hydrogen-bond acceptors (Lipinski definition) is 8. The zero-order chi connectivity index (χ0) is 22.9. The van der Waals surface area contributed by atoms with E-state index in [0.29, 0.717) is 37.8 Å². The Labute approximate surface area is 190 Å². The van der Waals surface area contributed by atoms with Gasteiger partial charge in [-0.15, -0.1) is 0 Å².